The molecule has 1 aromatic carbocycles. The lowest BCUT2D eigenvalue weighted by molar-refractivity contribution is 0.0764. The number of nitrogens with zero attached hydrogens (tertiary/aromatic N) is 5. The molecule has 0 bridgehead atoms. The molecule has 162 valence electrons. The average molecular weight is 421 g/mol. The largest absolute Gasteiger partial charge is 0.351 e. The first kappa shape index (κ1) is 20.8. The number of carbonyl (C=O) groups is 2. The molecule has 0 radical (unpaired) electrons. The van der Waals surface area contributed by atoms with E-state index in [1.165, 1.54) is 0 Å². The minimum absolute atomic E-state index is 0.0724. The molecule has 4 rings (SSSR count). The van der Waals surface area contributed by atoms with E-state index in [4.69, 9.17) is 10.7 Å². The standard InChI is InChI=1S/C23H28N6O2/c1-15(2)29-21-19(14-25-29)18(13-20(26-21)17-8-5-4-7-16(17)3)22(30)27-9-6-10-28(12-11-27)23(24)31/h4-5,7-8,13-15H,6,9-12H2,1-3H3,(H2,24,31). The van der Waals surface area contributed by atoms with Crippen LogP contribution in [-0.2, 0) is 0 Å². The third-order valence-electron chi connectivity index (χ3n) is 5.80. The van der Waals surface area contributed by atoms with Gasteiger partial charge in [0.2, 0.25) is 0 Å². The summed E-state index contributed by atoms with van der Waals surface area (Å²) >= 11 is 0. The SMILES string of the molecule is Cc1ccccc1-c1cc(C(=O)N2CCCN(C(N)=O)CC2)c2cnn(C(C)C)c2n1. The van der Waals surface area contributed by atoms with Crippen LogP contribution in [0.4, 0.5) is 4.79 Å². The number of rotatable bonds is 3. The van der Waals surface area contributed by atoms with Crippen molar-refractivity contribution >= 4 is 23.0 Å². The second-order valence-corrected chi connectivity index (χ2v) is 8.26. The number of primary amides is 1. The summed E-state index contributed by atoms with van der Waals surface area (Å²) < 4.78 is 1.85. The lowest BCUT2D eigenvalue weighted by Crippen LogP contribution is -2.39. The lowest BCUT2D eigenvalue weighted by Gasteiger charge is -2.22. The highest BCUT2D eigenvalue weighted by Crippen LogP contribution is 2.29. The molecule has 0 aliphatic carbocycles. The number of urea groups is 1. The van der Waals surface area contributed by atoms with Crippen LogP contribution in [0, 0.1) is 6.92 Å². The number of fused-ring (bicyclic) bond motifs is 1. The maximum Gasteiger partial charge on any atom is 0.314 e. The van der Waals surface area contributed by atoms with E-state index in [9.17, 15) is 9.59 Å². The Morgan fingerprint density at radius 1 is 1.06 bits per heavy atom. The fraction of sp³-hybridized carbons (Fsp3) is 0.391. The molecule has 1 aliphatic rings. The van der Waals surface area contributed by atoms with Crippen molar-refractivity contribution < 1.29 is 9.59 Å². The smallest absolute Gasteiger partial charge is 0.314 e. The topological polar surface area (TPSA) is 97.4 Å². The monoisotopic (exact) mass is 420 g/mol. The summed E-state index contributed by atoms with van der Waals surface area (Å²) in [6.45, 7) is 8.14. The molecule has 1 fully saturated rings. The number of pyridine rings is 1. The fourth-order valence-electron chi connectivity index (χ4n) is 4.08. The molecule has 3 heterocycles. The highest BCUT2D eigenvalue weighted by Gasteiger charge is 2.25. The second kappa shape index (κ2) is 8.37. The predicted molar refractivity (Wildman–Crippen MR) is 120 cm³/mol. The third-order valence-corrected chi connectivity index (χ3v) is 5.80. The second-order valence-electron chi connectivity index (χ2n) is 8.26. The van der Waals surface area contributed by atoms with Crippen LogP contribution in [0.2, 0.25) is 0 Å². The van der Waals surface area contributed by atoms with Crippen molar-refractivity contribution in [1.29, 1.82) is 0 Å². The van der Waals surface area contributed by atoms with Gasteiger partial charge < -0.3 is 15.5 Å². The van der Waals surface area contributed by atoms with E-state index in [1.54, 1.807) is 16.0 Å². The minimum atomic E-state index is -0.444. The Balaban J connectivity index is 1.80. The first-order chi connectivity index (χ1) is 14.9. The summed E-state index contributed by atoms with van der Waals surface area (Å²) in [6.07, 6.45) is 2.42. The van der Waals surface area contributed by atoms with E-state index in [1.807, 2.05) is 55.8 Å². The number of nitrogens with two attached hydrogens (primary N) is 1. The summed E-state index contributed by atoms with van der Waals surface area (Å²) in [5, 5.41) is 5.25. The first-order valence-electron chi connectivity index (χ1n) is 10.6. The van der Waals surface area contributed by atoms with Gasteiger partial charge in [0.25, 0.3) is 5.91 Å². The molecule has 1 saturated heterocycles. The van der Waals surface area contributed by atoms with Crippen LogP contribution < -0.4 is 5.73 Å². The zero-order chi connectivity index (χ0) is 22.1. The van der Waals surface area contributed by atoms with Crippen LogP contribution in [-0.4, -0.2) is 62.7 Å². The summed E-state index contributed by atoms with van der Waals surface area (Å²) in [5.74, 6) is -0.0724. The summed E-state index contributed by atoms with van der Waals surface area (Å²) in [4.78, 5) is 33.4. The molecule has 31 heavy (non-hydrogen) atoms. The van der Waals surface area contributed by atoms with Crippen molar-refractivity contribution in [3.05, 3.63) is 47.7 Å². The number of hydrogen-bond acceptors (Lipinski definition) is 4. The first-order valence-corrected chi connectivity index (χ1v) is 10.6. The maximum absolute atomic E-state index is 13.6. The van der Waals surface area contributed by atoms with Crippen molar-refractivity contribution in [3.8, 4) is 11.3 Å². The molecule has 3 aromatic rings. The van der Waals surface area contributed by atoms with Gasteiger partial charge in [-0.15, -0.1) is 0 Å². The van der Waals surface area contributed by atoms with Gasteiger partial charge in [0.15, 0.2) is 5.65 Å². The normalized spacial score (nSPS) is 14.8. The van der Waals surface area contributed by atoms with E-state index in [0.717, 1.165) is 22.2 Å². The van der Waals surface area contributed by atoms with E-state index < -0.39 is 6.03 Å². The molecule has 2 aromatic heterocycles. The molecule has 8 heteroatoms. The van der Waals surface area contributed by atoms with Crippen molar-refractivity contribution in [2.24, 2.45) is 5.73 Å². The van der Waals surface area contributed by atoms with Gasteiger partial charge in [-0.3, -0.25) is 4.79 Å². The van der Waals surface area contributed by atoms with Gasteiger partial charge in [-0.05, 0) is 38.8 Å². The van der Waals surface area contributed by atoms with Gasteiger partial charge in [0, 0.05) is 37.8 Å². The van der Waals surface area contributed by atoms with Crippen LogP contribution in [0.5, 0.6) is 0 Å². The molecule has 3 amide bonds. The van der Waals surface area contributed by atoms with E-state index in [2.05, 4.69) is 5.10 Å². The minimum Gasteiger partial charge on any atom is -0.351 e. The zero-order valence-electron chi connectivity index (χ0n) is 18.2. The molecule has 1 aliphatic heterocycles. The van der Waals surface area contributed by atoms with Crippen molar-refractivity contribution in [2.75, 3.05) is 26.2 Å². The van der Waals surface area contributed by atoms with Crippen molar-refractivity contribution in [1.82, 2.24) is 24.6 Å². The predicted octanol–water partition coefficient (Wildman–Crippen LogP) is 3.21. The van der Waals surface area contributed by atoms with E-state index in [-0.39, 0.29) is 11.9 Å². The van der Waals surface area contributed by atoms with Gasteiger partial charge in [0.05, 0.1) is 22.8 Å². The molecular weight excluding hydrogens is 392 g/mol. The quantitative estimate of drug-likeness (QED) is 0.703. The highest BCUT2D eigenvalue weighted by molar-refractivity contribution is 6.06. The number of carbonyl (C=O) groups excluding carboxylic acids is 2. The molecular formula is C23H28N6O2. The Bertz CT molecular complexity index is 1140. The highest BCUT2D eigenvalue weighted by atomic mass is 16.2. The molecule has 8 nitrogen and oxygen atoms in total. The Labute approximate surface area is 181 Å². The lowest BCUT2D eigenvalue weighted by atomic mass is 10.0. The Morgan fingerprint density at radius 3 is 2.48 bits per heavy atom. The van der Waals surface area contributed by atoms with E-state index >= 15 is 0 Å². The van der Waals surface area contributed by atoms with Crippen LogP contribution in [0.1, 0.15) is 42.2 Å². The fourth-order valence-corrected chi connectivity index (χ4v) is 4.08. The molecule has 2 N–H and O–H groups in total. The Hall–Kier alpha value is -3.42. The van der Waals surface area contributed by atoms with Gasteiger partial charge in [0.1, 0.15) is 0 Å². The third kappa shape index (κ3) is 3.97. The maximum atomic E-state index is 13.6. The van der Waals surface area contributed by atoms with Gasteiger partial charge >= 0.3 is 6.03 Å². The zero-order valence-corrected chi connectivity index (χ0v) is 18.2. The van der Waals surface area contributed by atoms with E-state index in [0.29, 0.717) is 43.8 Å². The number of aryl methyl sites for hydroxylation is 1. The summed E-state index contributed by atoms with van der Waals surface area (Å²) in [7, 11) is 0. The number of amides is 3. The Morgan fingerprint density at radius 2 is 1.77 bits per heavy atom. The van der Waals surface area contributed by atoms with Crippen molar-refractivity contribution in [3.63, 3.8) is 0 Å². The average Bonchev–Trinajstić information content (AvgIpc) is 3.01. The van der Waals surface area contributed by atoms with Gasteiger partial charge in [-0.25, -0.2) is 14.5 Å². The van der Waals surface area contributed by atoms with Crippen LogP contribution in [0.25, 0.3) is 22.3 Å². The molecule has 0 unspecified atom stereocenters. The van der Waals surface area contributed by atoms with Crippen LogP contribution >= 0.6 is 0 Å². The van der Waals surface area contributed by atoms with Crippen LogP contribution in [0.15, 0.2) is 36.5 Å². The van der Waals surface area contributed by atoms with Gasteiger partial charge in [-0.2, -0.15) is 5.10 Å². The number of hydrogen-bond donors (Lipinski definition) is 1. The Kier molecular flexibility index (Phi) is 5.63. The molecule has 0 spiro atoms. The summed E-state index contributed by atoms with van der Waals surface area (Å²) in [6, 6.07) is 9.56. The van der Waals surface area contributed by atoms with Crippen LogP contribution in [0.3, 0.4) is 0 Å². The van der Waals surface area contributed by atoms with Gasteiger partial charge in [-0.1, -0.05) is 24.3 Å². The summed E-state index contributed by atoms with van der Waals surface area (Å²) in [5.41, 5.74) is 9.56. The molecule has 0 saturated carbocycles. The number of benzene rings is 1. The molecule has 0 atom stereocenters. The number of aromatic nitrogens is 3. The van der Waals surface area contributed by atoms with Crippen molar-refractivity contribution in [2.45, 2.75) is 33.2 Å².